The van der Waals surface area contributed by atoms with Crippen molar-refractivity contribution in [3.05, 3.63) is 44.6 Å². The van der Waals surface area contributed by atoms with E-state index in [4.69, 9.17) is 0 Å². The van der Waals surface area contributed by atoms with Crippen LogP contribution in [0.1, 0.15) is 17.3 Å². The molecule has 0 unspecified atom stereocenters. The third-order valence-electron chi connectivity index (χ3n) is 3.79. The molecular weight excluding hydrogens is 502 g/mol. The second kappa shape index (κ2) is 6.62. The predicted molar refractivity (Wildman–Crippen MR) is 86.8 cm³/mol. The highest BCUT2D eigenvalue weighted by Gasteiger charge is 2.47. The van der Waals surface area contributed by atoms with Gasteiger partial charge in [-0.25, -0.2) is 18.2 Å². The highest BCUT2D eigenvalue weighted by Crippen LogP contribution is 2.38. The Morgan fingerprint density at radius 2 is 1.76 bits per heavy atom. The van der Waals surface area contributed by atoms with Gasteiger partial charge in [0.05, 0.1) is 17.0 Å². The van der Waals surface area contributed by atoms with E-state index in [-0.39, 0.29) is 11.5 Å². The number of benzene rings is 1. The summed E-state index contributed by atoms with van der Waals surface area (Å²) in [5, 5.41) is 0. The van der Waals surface area contributed by atoms with Crippen LogP contribution in [-0.4, -0.2) is 23.5 Å². The predicted octanol–water partition coefficient (Wildman–Crippen LogP) is 4.01. The lowest BCUT2D eigenvalue weighted by Crippen LogP contribution is -2.23. The molecule has 0 radical (unpaired) electrons. The number of nitrogens with zero attached hydrogens (tertiary/aromatic N) is 2. The summed E-state index contributed by atoms with van der Waals surface area (Å²) in [4.78, 5) is 13.2. The molecule has 0 aliphatic rings. The molecule has 0 saturated heterocycles. The minimum absolute atomic E-state index is 0.164. The smallest absolute Gasteiger partial charge is 0.396 e. The number of sulfone groups is 1. The van der Waals surface area contributed by atoms with Crippen LogP contribution in [0.4, 0.5) is 26.3 Å². The van der Waals surface area contributed by atoms with Crippen LogP contribution in [0, 0.1) is 6.92 Å². The quantitative estimate of drug-likeness (QED) is 0.496. The average molecular weight is 509 g/mol. The molecule has 0 saturated carbocycles. The molecule has 0 atom stereocenters. The van der Waals surface area contributed by atoms with Gasteiger partial charge < -0.3 is 13.4 Å². The normalized spacial score (nSPS) is 13.4. The van der Waals surface area contributed by atoms with E-state index >= 15 is 0 Å². The summed E-state index contributed by atoms with van der Waals surface area (Å²) in [7, 11) is -5.85. The van der Waals surface area contributed by atoms with Gasteiger partial charge in [0.1, 0.15) is 11.3 Å². The summed E-state index contributed by atoms with van der Waals surface area (Å²) in [5.74, 6) is -3.25. The number of hydrogen-bond acceptors (Lipinski definition) is 6. The molecule has 3 aromatic rings. The Kier molecular flexibility index (Phi) is 4.89. The van der Waals surface area contributed by atoms with Crippen LogP contribution in [0.15, 0.2) is 35.1 Å². The van der Waals surface area contributed by atoms with Gasteiger partial charge in [-0.3, -0.25) is 0 Å². The Balaban J connectivity index is 2.35. The van der Waals surface area contributed by atoms with Crippen molar-refractivity contribution in [3.63, 3.8) is 0 Å². The number of imidazole rings is 1. The van der Waals surface area contributed by atoms with Gasteiger partial charge in [0, 0.05) is 4.47 Å². The summed E-state index contributed by atoms with van der Waals surface area (Å²) >= 11 is 2.76. The molecule has 29 heavy (non-hydrogen) atoms. The maximum Gasteiger partial charge on any atom is 0.519 e. The molecule has 0 N–H and O–H groups in total. The second-order valence-corrected chi connectivity index (χ2v) is 8.47. The summed E-state index contributed by atoms with van der Waals surface area (Å²) in [6.07, 6.45) is -5.06. The van der Waals surface area contributed by atoms with Crippen molar-refractivity contribution >= 4 is 36.8 Å². The van der Waals surface area contributed by atoms with E-state index in [0.717, 1.165) is 0 Å². The SMILES string of the molecule is Cc1oc(=O)oc1Cn1c(C(F)(F)F)nc2c(Br)cc(S(=O)(=O)C(F)(F)F)cc21. The first-order valence-corrected chi connectivity index (χ1v) is 9.58. The largest absolute Gasteiger partial charge is 0.519 e. The minimum Gasteiger partial charge on any atom is -0.396 e. The molecule has 1 aromatic carbocycles. The number of fused-ring (bicyclic) bond motifs is 1. The summed E-state index contributed by atoms with van der Waals surface area (Å²) in [6.45, 7) is 0.424. The van der Waals surface area contributed by atoms with Crippen molar-refractivity contribution in [1.82, 2.24) is 9.55 Å². The monoisotopic (exact) mass is 508 g/mol. The van der Waals surface area contributed by atoms with Crippen molar-refractivity contribution in [2.45, 2.75) is 30.0 Å². The molecule has 0 fully saturated rings. The molecule has 0 aliphatic heterocycles. The number of aryl methyl sites for hydroxylation is 1. The number of alkyl halides is 6. The third kappa shape index (κ3) is 3.68. The zero-order valence-corrected chi connectivity index (χ0v) is 16.3. The van der Waals surface area contributed by atoms with Gasteiger partial charge in [0.25, 0.3) is 9.84 Å². The molecule has 0 amide bonds. The molecule has 2 aromatic heterocycles. The van der Waals surface area contributed by atoms with Crippen LogP contribution in [-0.2, 0) is 22.6 Å². The Bertz CT molecular complexity index is 1270. The molecule has 2 heterocycles. The van der Waals surface area contributed by atoms with Crippen molar-refractivity contribution in [2.24, 2.45) is 0 Å². The van der Waals surface area contributed by atoms with Crippen LogP contribution < -0.4 is 5.82 Å². The fourth-order valence-electron chi connectivity index (χ4n) is 2.48. The number of aromatic nitrogens is 2. The summed E-state index contributed by atoms with van der Waals surface area (Å²) in [5.41, 5.74) is -6.70. The molecule has 15 heteroatoms. The second-order valence-electron chi connectivity index (χ2n) is 5.67. The Morgan fingerprint density at radius 1 is 1.14 bits per heavy atom. The minimum atomic E-state index is -5.85. The maximum atomic E-state index is 13.4. The fourth-order valence-corrected chi connectivity index (χ4v) is 3.98. The molecule has 3 rings (SSSR count). The number of halogens is 7. The Labute approximate surface area is 165 Å². The van der Waals surface area contributed by atoms with Gasteiger partial charge in [0.15, 0.2) is 5.76 Å². The van der Waals surface area contributed by atoms with Crippen molar-refractivity contribution in [1.29, 1.82) is 0 Å². The van der Waals surface area contributed by atoms with Gasteiger partial charge in [0.2, 0.25) is 5.82 Å². The van der Waals surface area contributed by atoms with E-state index in [2.05, 4.69) is 29.7 Å². The highest BCUT2D eigenvalue weighted by molar-refractivity contribution is 9.10. The van der Waals surface area contributed by atoms with E-state index in [1.165, 1.54) is 6.92 Å². The van der Waals surface area contributed by atoms with Crippen LogP contribution in [0.2, 0.25) is 0 Å². The van der Waals surface area contributed by atoms with Crippen LogP contribution >= 0.6 is 15.9 Å². The molecule has 0 spiro atoms. The summed E-state index contributed by atoms with van der Waals surface area (Å²) < 4.78 is 112. The lowest BCUT2D eigenvalue weighted by molar-refractivity contribution is -0.146. The van der Waals surface area contributed by atoms with Crippen molar-refractivity contribution in [3.8, 4) is 0 Å². The standard InChI is InChI=1S/C14H7BrF6N2O5S/c1-5-9(28-12(24)27-5)4-23-8-3-6(29(25,26)14(19,20)21)2-7(15)10(8)22-11(23)13(16,17)18/h2-3H,4H2,1H3. The van der Waals surface area contributed by atoms with Gasteiger partial charge in [-0.2, -0.15) is 26.3 Å². The van der Waals surface area contributed by atoms with Crippen molar-refractivity contribution in [2.75, 3.05) is 0 Å². The van der Waals surface area contributed by atoms with E-state index in [9.17, 15) is 39.6 Å². The first-order valence-electron chi connectivity index (χ1n) is 7.30. The average Bonchev–Trinajstić information content (AvgIpc) is 3.07. The molecular formula is C14H7BrF6N2O5S. The number of rotatable bonds is 3. The van der Waals surface area contributed by atoms with E-state index in [1.807, 2.05) is 0 Å². The van der Waals surface area contributed by atoms with Gasteiger partial charge in [-0.1, -0.05) is 0 Å². The first-order chi connectivity index (χ1) is 13.1. The number of hydrogen-bond donors (Lipinski definition) is 0. The van der Waals surface area contributed by atoms with Crippen LogP contribution in [0.3, 0.4) is 0 Å². The van der Waals surface area contributed by atoms with Crippen molar-refractivity contribution < 1.29 is 43.6 Å². The zero-order chi connectivity index (χ0) is 21.9. The maximum absolute atomic E-state index is 13.4. The fraction of sp³-hybridized carbons (Fsp3) is 0.286. The van der Waals surface area contributed by atoms with Crippen LogP contribution in [0.5, 0.6) is 0 Å². The van der Waals surface area contributed by atoms with E-state index < -0.39 is 60.1 Å². The topological polar surface area (TPSA) is 95.3 Å². The Morgan fingerprint density at radius 3 is 2.24 bits per heavy atom. The zero-order valence-electron chi connectivity index (χ0n) is 13.9. The van der Waals surface area contributed by atoms with Gasteiger partial charge >= 0.3 is 17.5 Å². The molecule has 0 bridgehead atoms. The lowest BCUT2D eigenvalue weighted by Gasteiger charge is -2.11. The molecule has 158 valence electrons. The van der Waals surface area contributed by atoms with Gasteiger partial charge in [-0.05, 0) is 35.0 Å². The lowest BCUT2D eigenvalue weighted by atomic mass is 10.3. The Hall–Kier alpha value is -2.29. The molecule has 0 aliphatic carbocycles. The van der Waals surface area contributed by atoms with E-state index in [0.29, 0.717) is 16.7 Å². The summed E-state index contributed by atoms with van der Waals surface area (Å²) in [6, 6.07) is 0.921. The first kappa shape index (κ1) is 21.4. The van der Waals surface area contributed by atoms with E-state index in [1.54, 1.807) is 0 Å². The molecule has 7 nitrogen and oxygen atoms in total. The van der Waals surface area contributed by atoms with Crippen LogP contribution in [0.25, 0.3) is 11.0 Å². The highest BCUT2D eigenvalue weighted by atomic mass is 79.9. The third-order valence-corrected chi connectivity index (χ3v) is 5.86. The van der Waals surface area contributed by atoms with Gasteiger partial charge in [-0.15, -0.1) is 0 Å².